The largest absolute Gasteiger partial charge is 0.482 e. The molecule has 106 valence electrons. The van der Waals surface area contributed by atoms with Gasteiger partial charge in [-0.2, -0.15) is 4.98 Å². The van der Waals surface area contributed by atoms with E-state index in [1.807, 2.05) is 38.1 Å². The van der Waals surface area contributed by atoms with Gasteiger partial charge in [0, 0.05) is 6.42 Å². The Kier molecular flexibility index (Phi) is 3.44. The average molecular weight is 274 g/mol. The summed E-state index contributed by atoms with van der Waals surface area (Å²) in [7, 11) is 0. The maximum atomic E-state index is 9.84. The van der Waals surface area contributed by atoms with Crippen LogP contribution in [-0.4, -0.2) is 21.4 Å². The van der Waals surface area contributed by atoms with E-state index in [0.717, 1.165) is 17.7 Å². The van der Waals surface area contributed by atoms with Crippen molar-refractivity contribution >= 4 is 0 Å². The lowest BCUT2D eigenvalue weighted by molar-refractivity contribution is 0.129. The summed E-state index contributed by atoms with van der Waals surface area (Å²) in [4.78, 5) is 4.38. The predicted molar refractivity (Wildman–Crippen MR) is 72.5 cm³/mol. The monoisotopic (exact) mass is 274 g/mol. The zero-order valence-electron chi connectivity index (χ0n) is 11.6. The molecule has 1 aromatic heterocycles. The van der Waals surface area contributed by atoms with E-state index in [1.165, 1.54) is 0 Å². The lowest BCUT2D eigenvalue weighted by Crippen LogP contribution is -2.15. The van der Waals surface area contributed by atoms with Gasteiger partial charge in [-0.15, -0.1) is 0 Å². The van der Waals surface area contributed by atoms with Crippen molar-refractivity contribution in [3.8, 4) is 5.75 Å². The summed E-state index contributed by atoms with van der Waals surface area (Å²) in [6, 6.07) is 7.92. The first-order valence-corrected chi connectivity index (χ1v) is 6.95. The van der Waals surface area contributed by atoms with Crippen molar-refractivity contribution in [2.24, 2.45) is 0 Å². The van der Waals surface area contributed by atoms with Gasteiger partial charge in [-0.05, 0) is 18.1 Å². The van der Waals surface area contributed by atoms with Crippen LogP contribution in [0.2, 0.25) is 0 Å². The molecule has 3 unspecified atom stereocenters. The molecule has 3 rings (SSSR count). The molecule has 0 saturated carbocycles. The molecule has 20 heavy (non-hydrogen) atoms. The molecule has 5 heteroatoms. The van der Waals surface area contributed by atoms with Gasteiger partial charge < -0.3 is 14.4 Å². The van der Waals surface area contributed by atoms with Crippen LogP contribution >= 0.6 is 0 Å². The number of aromatic nitrogens is 2. The van der Waals surface area contributed by atoms with Crippen LogP contribution in [0.25, 0.3) is 0 Å². The van der Waals surface area contributed by atoms with E-state index >= 15 is 0 Å². The molecular formula is C15H18N2O3. The first-order valence-electron chi connectivity index (χ1n) is 6.95. The Labute approximate surface area is 117 Å². The second-order valence-corrected chi connectivity index (χ2v) is 5.17. The Morgan fingerprint density at radius 3 is 2.95 bits per heavy atom. The number of nitrogens with zero attached hydrogens (tertiary/aromatic N) is 2. The highest BCUT2D eigenvalue weighted by Gasteiger charge is 2.30. The van der Waals surface area contributed by atoms with Gasteiger partial charge >= 0.3 is 0 Å². The first-order chi connectivity index (χ1) is 9.69. The third-order valence-corrected chi connectivity index (χ3v) is 3.78. The molecule has 0 radical (unpaired) electrons. The Bertz CT molecular complexity index is 571. The molecule has 1 aliphatic rings. The minimum Gasteiger partial charge on any atom is -0.482 e. The van der Waals surface area contributed by atoms with Crippen LogP contribution < -0.4 is 4.74 Å². The minimum atomic E-state index is -0.468. The Morgan fingerprint density at radius 1 is 1.40 bits per heavy atom. The number of para-hydroxylation sites is 1. The summed E-state index contributed by atoms with van der Waals surface area (Å²) in [5.74, 6) is 1.73. The number of ether oxygens (including phenoxy) is 1. The molecule has 1 N–H and O–H groups in total. The van der Waals surface area contributed by atoms with Crippen molar-refractivity contribution in [2.75, 3.05) is 0 Å². The van der Waals surface area contributed by atoms with Crippen LogP contribution in [0.15, 0.2) is 28.8 Å². The van der Waals surface area contributed by atoms with E-state index < -0.39 is 6.10 Å². The molecule has 0 spiro atoms. The van der Waals surface area contributed by atoms with E-state index in [-0.39, 0.29) is 12.0 Å². The maximum Gasteiger partial charge on any atom is 0.232 e. The van der Waals surface area contributed by atoms with Crippen LogP contribution in [-0.2, 0) is 6.42 Å². The van der Waals surface area contributed by atoms with Gasteiger partial charge in [0.15, 0.2) is 6.10 Å². The van der Waals surface area contributed by atoms with Crippen molar-refractivity contribution in [3.63, 3.8) is 0 Å². The van der Waals surface area contributed by atoms with Gasteiger partial charge in [-0.3, -0.25) is 0 Å². The van der Waals surface area contributed by atoms with Crippen molar-refractivity contribution in [1.29, 1.82) is 0 Å². The molecule has 0 bridgehead atoms. The Morgan fingerprint density at radius 2 is 2.20 bits per heavy atom. The SMILES string of the molecule is CCC(O)C(C)c1nc(C2Cc3ccccc3O2)no1. The van der Waals surface area contributed by atoms with Crippen LogP contribution in [0.5, 0.6) is 5.75 Å². The summed E-state index contributed by atoms with van der Waals surface area (Å²) >= 11 is 0. The molecule has 2 aromatic rings. The third kappa shape index (κ3) is 2.29. The lowest BCUT2D eigenvalue weighted by atomic mass is 10.0. The van der Waals surface area contributed by atoms with Crippen molar-refractivity contribution in [2.45, 2.75) is 44.8 Å². The first kappa shape index (κ1) is 13.1. The molecule has 1 aromatic carbocycles. The highest BCUT2D eigenvalue weighted by atomic mass is 16.5. The van der Waals surface area contributed by atoms with Gasteiger partial charge in [-0.1, -0.05) is 37.2 Å². The number of fused-ring (bicyclic) bond motifs is 1. The fraction of sp³-hybridized carbons (Fsp3) is 0.467. The molecule has 5 nitrogen and oxygen atoms in total. The fourth-order valence-electron chi connectivity index (χ4n) is 2.41. The smallest absolute Gasteiger partial charge is 0.232 e. The second-order valence-electron chi connectivity index (χ2n) is 5.17. The minimum absolute atomic E-state index is 0.162. The molecule has 0 fully saturated rings. The zero-order valence-corrected chi connectivity index (χ0v) is 11.6. The van der Waals surface area contributed by atoms with Gasteiger partial charge in [0.05, 0.1) is 12.0 Å². The van der Waals surface area contributed by atoms with E-state index in [0.29, 0.717) is 18.1 Å². The Balaban J connectivity index is 1.76. The summed E-state index contributed by atoms with van der Waals surface area (Å²) in [5, 5.41) is 13.8. The molecule has 0 amide bonds. The highest BCUT2D eigenvalue weighted by molar-refractivity contribution is 5.37. The molecule has 2 heterocycles. The van der Waals surface area contributed by atoms with Crippen molar-refractivity contribution in [3.05, 3.63) is 41.5 Å². The predicted octanol–water partition coefficient (Wildman–Crippen LogP) is 2.62. The van der Waals surface area contributed by atoms with Crippen molar-refractivity contribution in [1.82, 2.24) is 10.1 Å². The van der Waals surface area contributed by atoms with E-state index in [2.05, 4.69) is 10.1 Å². The van der Waals surface area contributed by atoms with Crippen LogP contribution in [0.3, 0.4) is 0 Å². The number of hydrogen-bond acceptors (Lipinski definition) is 5. The van der Waals surface area contributed by atoms with E-state index in [4.69, 9.17) is 9.26 Å². The number of hydrogen-bond donors (Lipinski definition) is 1. The molecule has 1 aliphatic heterocycles. The normalized spacial score (nSPS) is 20.2. The number of aliphatic hydroxyl groups excluding tert-OH is 1. The van der Waals surface area contributed by atoms with Crippen LogP contribution in [0, 0.1) is 0 Å². The Hall–Kier alpha value is -1.88. The van der Waals surface area contributed by atoms with Gasteiger partial charge in [0.1, 0.15) is 5.75 Å². The molecule has 0 aliphatic carbocycles. The van der Waals surface area contributed by atoms with Gasteiger partial charge in [0.2, 0.25) is 11.7 Å². The van der Waals surface area contributed by atoms with Crippen LogP contribution in [0.1, 0.15) is 49.6 Å². The van der Waals surface area contributed by atoms with Crippen molar-refractivity contribution < 1.29 is 14.4 Å². The number of aliphatic hydroxyl groups is 1. The number of rotatable bonds is 4. The molecular weight excluding hydrogens is 256 g/mol. The third-order valence-electron chi connectivity index (χ3n) is 3.78. The van der Waals surface area contributed by atoms with E-state index in [1.54, 1.807) is 0 Å². The van der Waals surface area contributed by atoms with Gasteiger partial charge in [0.25, 0.3) is 0 Å². The molecule has 3 atom stereocenters. The quantitative estimate of drug-likeness (QED) is 0.928. The number of benzene rings is 1. The molecule has 0 saturated heterocycles. The second kappa shape index (κ2) is 5.25. The average Bonchev–Trinajstić information content (AvgIpc) is 3.11. The summed E-state index contributed by atoms with van der Waals surface area (Å²) in [6.45, 7) is 3.81. The standard InChI is InChI=1S/C15H18N2O3/c1-3-11(18)9(2)15-16-14(17-20-15)13-8-10-6-4-5-7-12(10)19-13/h4-7,9,11,13,18H,3,8H2,1-2H3. The summed E-state index contributed by atoms with van der Waals surface area (Å²) in [5.41, 5.74) is 1.16. The maximum absolute atomic E-state index is 9.84. The van der Waals surface area contributed by atoms with E-state index in [9.17, 15) is 5.11 Å². The van der Waals surface area contributed by atoms with Crippen LogP contribution in [0.4, 0.5) is 0 Å². The zero-order chi connectivity index (χ0) is 14.1. The summed E-state index contributed by atoms with van der Waals surface area (Å²) in [6.07, 6.45) is 0.741. The fourth-order valence-corrected chi connectivity index (χ4v) is 2.41. The van der Waals surface area contributed by atoms with Gasteiger partial charge in [-0.25, -0.2) is 0 Å². The topological polar surface area (TPSA) is 68.4 Å². The highest BCUT2D eigenvalue weighted by Crippen LogP contribution is 2.35. The summed E-state index contributed by atoms with van der Waals surface area (Å²) < 4.78 is 11.1. The lowest BCUT2D eigenvalue weighted by Gasteiger charge is -2.12.